The SMILES string of the molecule is COc1cc(/C=C2/SC(N3CCN(c4ccc([N+](=O)[O-])cc4)CC3)=NC2=O)ccc1O. The average Bonchev–Trinajstić information content (AvgIpc) is 3.15. The molecule has 2 aliphatic rings. The van der Waals surface area contributed by atoms with Gasteiger partial charge < -0.3 is 19.6 Å². The lowest BCUT2D eigenvalue weighted by Gasteiger charge is -2.36. The van der Waals surface area contributed by atoms with Crippen LogP contribution in [0.3, 0.4) is 0 Å². The summed E-state index contributed by atoms with van der Waals surface area (Å²) in [5, 5.41) is 21.2. The van der Waals surface area contributed by atoms with Crippen LogP contribution in [0.2, 0.25) is 0 Å². The quantitative estimate of drug-likeness (QED) is 0.439. The van der Waals surface area contributed by atoms with Crippen molar-refractivity contribution >= 4 is 40.3 Å². The molecule has 1 N–H and O–H groups in total. The third-order valence-electron chi connectivity index (χ3n) is 5.09. The van der Waals surface area contributed by atoms with Crippen molar-refractivity contribution in [3.63, 3.8) is 0 Å². The van der Waals surface area contributed by atoms with Gasteiger partial charge >= 0.3 is 0 Å². The molecule has 0 spiro atoms. The summed E-state index contributed by atoms with van der Waals surface area (Å²) in [5.41, 5.74) is 1.75. The molecule has 2 aromatic carbocycles. The number of hydrogen-bond donors (Lipinski definition) is 1. The first kappa shape index (κ1) is 20.7. The molecule has 10 heteroatoms. The summed E-state index contributed by atoms with van der Waals surface area (Å²) in [6.45, 7) is 2.83. The molecular formula is C21H20N4O5S. The highest BCUT2D eigenvalue weighted by Gasteiger charge is 2.28. The summed E-state index contributed by atoms with van der Waals surface area (Å²) < 4.78 is 5.11. The molecule has 2 aliphatic heterocycles. The number of phenols is 1. The van der Waals surface area contributed by atoms with Gasteiger partial charge in [0.25, 0.3) is 11.6 Å². The van der Waals surface area contributed by atoms with Crippen molar-refractivity contribution in [1.82, 2.24) is 4.90 Å². The molecule has 0 aliphatic carbocycles. The van der Waals surface area contributed by atoms with Crippen LogP contribution in [-0.2, 0) is 4.79 Å². The molecular weight excluding hydrogens is 420 g/mol. The van der Waals surface area contributed by atoms with Crippen LogP contribution in [0.25, 0.3) is 6.08 Å². The molecule has 0 atom stereocenters. The van der Waals surface area contributed by atoms with E-state index < -0.39 is 4.92 Å². The van der Waals surface area contributed by atoms with Crippen LogP contribution >= 0.6 is 11.8 Å². The maximum absolute atomic E-state index is 12.4. The number of carbonyl (C=O) groups is 1. The largest absolute Gasteiger partial charge is 0.504 e. The van der Waals surface area contributed by atoms with Crippen LogP contribution in [0.1, 0.15) is 5.56 Å². The number of methoxy groups -OCH3 is 1. The Hall–Kier alpha value is -3.53. The van der Waals surface area contributed by atoms with Gasteiger partial charge in [0.05, 0.1) is 16.9 Å². The molecule has 4 rings (SSSR count). The van der Waals surface area contributed by atoms with Crippen LogP contribution in [0, 0.1) is 10.1 Å². The van der Waals surface area contributed by atoms with E-state index in [1.54, 1.807) is 30.3 Å². The maximum atomic E-state index is 12.4. The van der Waals surface area contributed by atoms with E-state index in [4.69, 9.17) is 4.74 Å². The number of aromatic hydroxyl groups is 1. The highest BCUT2D eigenvalue weighted by atomic mass is 32.2. The molecule has 1 amide bonds. The number of anilines is 1. The van der Waals surface area contributed by atoms with E-state index in [1.807, 2.05) is 0 Å². The Labute approximate surface area is 182 Å². The Kier molecular flexibility index (Phi) is 5.81. The van der Waals surface area contributed by atoms with Crippen molar-refractivity contribution in [2.75, 3.05) is 38.2 Å². The lowest BCUT2D eigenvalue weighted by molar-refractivity contribution is -0.384. The number of piperazine rings is 1. The number of hydrogen-bond acceptors (Lipinski definition) is 8. The molecule has 1 fully saturated rings. The number of aliphatic imine (C=N–C) groups is 1. The molecule has 0 bridgehead atoms. The zero-order chi connectivity index (χ0) is 22.0. The lowest BCUT2D eigenvalue weighted by atomic mass is 10.2. The van der Waals surface area contributed by atoms with Gasteiger partial charge in [-0.05, 0) is 47.7 Å². The molecule has 0 radical (unpaired) electrons. The molecule has 9 nitrogen and oxygen atoms in total. The van der Waals surface area contributed by atoms with Crippen molar-refractivity contribution < 1.29 is 19.6 Å². The monoisotopic (exact) mass is 440 g/mol. The van der Waals surface area contributed by atoms with Crippen molar-refractivity contribution in [2.24, 2.45) is 4.99 Å². The Balaban J connectivity index is 1.39. The number of amidine groups is 1. The molecule has 2 heterocycles. The molecule has 0 aromatic heterocycles. The second-order valence-corrected chi connectivity index (χ2v) is 8.00. The summed E-state index contributed by atoms with van der Waals surface area (Å²) in [4.78, 5) is 31.7. The van der Waals surface area contributed by atoms with Crippen molar-refractivity contribution in [1.29, 1.82) is 0 Å². The number of ether oxygens (including phenoxy) is 1. The predicted octanol–water partition coefficient (Wildman–Crippen LogP) is 3.10. The Morgan fingerprint density at radius 3 is 2.45 bits per heavy atom. The highest BCUT2D eigenvalue weighted by Crippen LogP contribution is 2.33. The second-order valence-electron chi connectivity index (χ2n) is 6.99. The zero-order valence-corrected chi connectivity index (χ0v) is 17.5. The summed E-state index contributed by atoms with van der Waals surface area (Å²) in [7, 11) is 1.47. The molecule has 31 heavy (non-hydrogen) atoms. The number of thioether (sulfide) groups is 1. The predicted molar refractivity (Wildman–Crippen MR) is 120 cm³/mol. The summed E-state index contributed by atoms with van der Waals surface area (Å²) in [5.74, 6) is 0.0935. The normalized spacial score (nSPS) is 17.8. The summed E-state index contributed by atoms with van der Waals surface area (Å²) >= 11 is 1.33. The average molecular weight is 440 g/mol. The van der Waals surface area contributed by atoms with Crippen molar-refractivity contribution in [3.05, 3.63) is 63.0 Å². The number of carbonyl (C=O) groups excluding carboxylic acids is 1. The van der Waals surface area contributed by atoms with Crippen molar-refractivity contribution in [3.8, 4) is 11.5 Å². The van der Waals surface area contributed by atoms with Gasteiger partial charge in [-0.25, -0.2) is 0 Å². The fourth-order valence-electron chi connectivity index (χ4n) is 3.41. The number of rotatable bonds is 4. The van der Waals surface area contributed by atoms with Gasteiger partial charge in [0.2, 0.25) is 0 Å². The fourth-order valence-corrected chi connectivity index (χ4v) is 4.37. The number of benzene rings is 2. The van der Waals surface area contributed by atoms with E-state index >= 15 is 0 Å². The van der Waals surface area contributed by atoms with E-state index in [0.717, 1.165) is 24.3 Å². The van der Waals surface area contributed by atoms with Gasteiger partial charge in [0, 0.05) is 44.0 Å². The maximum Gasteiger partial charge on any atom is 0.286 e. The lowest BCUT2D eigenvalue weighted by Crippen LogP contribution is -2.47. The molecule has 2 aromatic rings. The number of nitrogens with zero attached hydrogens (tertiary/aromatic N) is 4. The standard InChI is InChI=1S/C21H20N4O5S/c1-30-18-12-14(2-7-17(18)26)13-19-20(27)22-21(31-19)24-10-8-23(9-11-24)15-3-5-16(6-4-15)25(28)29/h2-7,12-13,26H,8-11H2,1H3/b19-13+. The molecule has 160 valence electrons. The van der Waals surface area contributed by atoms with E-state index in [9.17, 15) is 20.0 Å². The minimum Gasteiger partial charge on any atom is -0.504 e. The summed E-state index contributed by atoms with van der Waals surface area (Å²) in [6.07, 6.45) is 1.73. The van der Waals surface area contributed by atoms with Crippen LogP contribution in [0.5, 0.6) is 11.5 Å². The third kappa shape index (κ3) is 4.48. The Morgan fingerprint density at radius 1 is 1.13 bits per heavy atom. The second kappa shape index (κ2) is 8.68. The van der Waals surface area contributed by atoms with Crippen molar-refractivity contribution in [2.45, 2.75) is 0 Å². The number of nitro benzene ring substituents is 1. The number of nitro groups is 1. The smallest absolute Gasteiger partial charge is 0.286 e. The van der Waals surface area contributed by atoms with Gasteiger partial charge in [0.1, 0.15) is 0 Å². The van der Waals surface area contributed by atoms with Crippen LogP contribution in [-0.4, -0.2) is 59.3 Å². The number of amides is 1. The van der Waals surface area contributed by atoms with Crippen LogP contribution < -0.4 is 9.64 Å². The Bertz CT molecular complexity index is 1080. The van der Waals surface area contributed by atoms with Gasteiger partial charge in [0.15, 0.2) is 16.7 Å². The van der Waals surface area contributed by atoms with Gasteiger partial charge in [-0.3, -0.25) is 14.9 Å². The van der Waals surface area contributed by atoms with Crippen LogP contribution in [0.4, 0.5) is 11.4 Å². The first-order valence-electron chi connectivity index (χ1n) is 9.58. The topological polar surface area (TPSA) is 109 Å². The first-order chi connectivity index (χ1) is 14.9. The first-order valence-corrected chi connectivity index (χ1v) is 10.4. The van der Waals surface area contributed by atoms with Gasteiger partial charge in [-0.15, -0.1) is 0 Å². The van der Waals surface area contributed by atoms with E-state index in [0.29, 0.717) is 28.9 Å². The minimum atomic E-state index is -0.409. The Morgan fingerprint density at radius 2 is 1.81 bits per heavy atom. The van der Waals surface area contributed by atoms with Gasteiger partial charge in [-0.1, -0.05) is 6.07 Å². The van der Waals surface area contributed by atoms with Crippen LogP contribution in [0.15, 0.2) is 52.4 Å². The summed E-state index contributed by atoms with van der Waals surface area (Å²) in [6, 6.07) is 11.4. The van der Waals surface area contributed by atoms with E-state index in [1.165, 1.54) is 37.1 Å². The van der Waals surface area contributed by atoms with E-state index in [-0.39, 0.29) is 17.3 Å². The third-order valence-corrected chi connectivity index (χ3v) is 6.13. The molecule has 1 saturated heterocycles. The minimum absolute atomic E-state index is 0.0397. The van der Waals surface area contributed by atoms with E-state index in [2.05, 4.69) is 14.8 Å². The number of non-ortho nitro benzene ring substituents is 1. The molecule has 0 unspecified atom stereocenters. The fraction of sp³-hybridized carbons (Fsp3) is 0.238. The number of phenolic OH excluding ortho intramolecular Hbond substituents is 1. The molecule has 0 saturated carbocycles. The zero-order valence-electron chi connectivity index (χ0n) is 16.7. The van der Waals surface area contributed by atoms with Gasteiger partial charge in [-0.2, -0.15) is 4.99 Å². The highest BCUT2D eigenvalue weighted by molar-refractivity contribution is 8.18.